The van der Waals surface area contributed by atoms with Gasteiger partial charge in [-0.2, -0.15) is 0 Å². The minimum absolute atomic E-state index is 0. The molecule has 1 atom stereocenters. The molecule has 74 valence electrons. The molecule has 1 rings (SSSR count). The molecule has 0 amide bonds. The first-order valence-electron chi connectivity index (χ1n) is 4.43. The zero-order valence-corrected chi connectivity index (χ0v) is 8.97. The van der Waals surface area contributed by atoms with Crippen LogP contribution < -0.4 is 5.73 Å². The van der Waals surface area contributed by atoms with Gasteiger partial charge in [-0.3, -0.25) is 4.98 Å². The van der Waals surface area contributed by atoms with Crippen molar-refractivity contribution in [3.63, 3.8) is 0 Å². The Hall–Kier alpha value is -0.600. The summed E-state index contributed by atoms with van der Waals surface area (Å²) in [5, 5.41) is 0. The normalized spacial score (nSPS) is 11.9. The summed E-state index contributed by atoms with van der Waals surface area (Å²) in [6.07, 6.45) is 2.12. The summed E-state index contributed by atoms with van der Waals surface area (Å²) in [6.45, 7) is 4.12. The Balaban J connectivity index is 0.00000144. The number of hydrogen-bond donors (Lipinski definition) is 1. The lowest BCUT2D eigenvalue weighted by Gasteiger charge is -2.09. The molecule has 2 N–H and O–H groups in total. The Morgan fingerprint density at radius 2 is 2.15 bits per heavy atom. The number of nitrogens with zero attached hydrogens (tertiary/aromatic N) is 1. The van der Waals surface area contributed by atoms with Crippen molar-refractivity contribution in [3.8, 4) is 0 Å². The lowest BCUT2D eigenvalue weighted by molar-refractivity contribution is 0.620. The molecule has 0 aliphatic carbocycles. The van der Waals surface area contributed by atoms with Crippen molar-refractivity contribution in [3.05, 3.63) is 29.6 Å². The molecule has 0 saturated heterocycles. The third kappa shape index (κ3) is 3.75. The van der Waals surface area contributed by atoms with Crippen LogP contribution in [0.3, 0.4) is 0 Å². The molecule has 0 aromatic carbocycles. The van der Waals surface area contributed by atoms with E-state index in [9.17, 15) is 0 Å². The average Bonchev–Trinajstić information content (AvgIpc) is 2.05. The van der Waals surface area contributed by atoms with Crippen molar-refractivity contribution in [1.29, 1.82) is 0 Å². The summed E-state index contributed by atoms with van der Waals surface area (Å²) in [5.41, 5.74) is 7.96. The van der Waals surface area contributed by atoms with Crippen LogP contribution in [0.2, 0.25) is 0 Å². The van der Waals surface area contributed by atoms with Crippen LogP contribution in [-0.2, 0) is 0 Å². The maximum absolute atomic E-state index is 5.91. The minimum atomic E-state index is 0. The molecule has 0 aliphatic heterocycles. The van der Waals surface area contributed by atoms with E-state index >= 15 is 0 Å². The van der Waals surface area contributed by atoms with E-state index in [1.807, 2.05) is 25.1 Å². The largest absolute Gasteiger partial charge is 0.323 e. The first-order valence-corrected chi connectivity index (χ1v) is 4.43. The zero-order chi connectivity index (χ0) is 8.97. The van der Waals surface area contributed by atoms with Crippen molar-refractivity contribution in [2.24, 2.45) is 5.73 Å². The molecular formula is C10H17ClN2. The molecule has 1 unspecified atom stereocenters. The lowest BCUT2D eigenvalue weighted by atomic mass is 10.1. The molecule has 1 aromatic heterocycles. The number of rotatable bonds is 3. The van der Waals surface area contributed by atoms with E-state index in [0.717, 1.165) is 24.2 Å². The second-order valence-electron chi connectivity index (χ2n) is 3.10. The van der Waals surface area contributed by atoms with Crippen LogP contribution in [0.25, 0.3) is 0 Å². The zero-order valence-electron chi connectivity index (χ0n) is 8.16. The van der Waals surface area contributed by atoms with E-state index in [4.69, 9.17) is 5.73 Å². The quantitative estimate of drug-likeness (QED) is 0.815. The van der Waals surface area contributed by atoms with Gasteiger partial charge >= 0.3 is 0 Å². The van der Waals surface area contributed by atoms with Gasteiger partial charge in [-0.05, 0) is 25.5 Å². The van der Waals surface area contributed by atoms with Crippen LogP contribution in [-0.4, -0.2) is 4.98 Å². The van der Waals surface area contributed by atoms with Crippen LogP contribution in [0.15, 0.2) is 18.2 Å². The van der Waals surface area contributed by atoms with Gasteiger partial charge in [-0.15, -0.1) is 12.4 Å². The number of aromatic nitrogens is 1. The van der Waals surface area contributed by atoms with E-state index in [1.165, 1.54) is 0 Å². The van der Waals surface area contributed by atoms with Gasteiger partial charge in [0.05, 0.1) is 5.69 Å². The van der Waals surface area contributed by atoms with Crippen LogP contribution in [0.1, 0.15) is 37.2 Å². The Morgan fingerprint density at radius 3 is 2.69 bits per heavy atom. The Bertz CT molecular complexity index is 250. The molecule has 0 radical (unpaired) electrons. The van der Waals surface area contributed by atoms with E-state index in [2.05, 4.69) is 11.9 Å². The molecule has 1 aromatic rings. The van der Waals surface area contributed by atoms with E-state index in [1.54, 1.807) is 0 Å². The van der Waals surface area contributed by atoms with Crippen LogP contribution in [0, 0.1) is 6.92 Å². The molecular weight excluding hydrogens is 184 g/mol. The van der Waals surface area contributed by atoms with E-state index in [-0.39, 0.29) is 18.4 Å². The lowest BCUT2D eigenvalue weighted by Crippen LogP contribution is -2.11. The van der Waals surface area contributed by atoms with E-state index < -0.39 is 0 Å². The number of aryl methyl sites for hydroxylation is 1. The van der Waals surface area contributed by atoms with Crippen molar-refractivity contribution >= 4 is 12.4 Å². The van der Waals surface area contributed by atoms with Gasteiger partial charge in [-0.25, -0.2) is 0 Å². The smallest absolute Gasteiger partial charge is 0.0574 e. The third-order valence-corrected chi connectivity index (χ3v) is 1.89. The number of hydrogen-bond acceptors (Lipinski definition) is 2. The highest BCUT2D eigenvalue weighted by molar-refractivity contribution is 5.85. The van der Waals surface area contributed by atoms with Gasteiger partial charge in [0.1, 0.15) is 0 Å². The van der Waals surface area contributed by atoms with Gasteiger partial charge in [-0.1, -0.05) is 19.4 Å². The van der Waals surface area contributed by atoms with Gasteiger partial charge in [0.25, 0.3) is 0 Å². The molecule has 0 spiro atoms. The first-order chi connectivity index (χ1) is 5.74. The van der Waals surface area contributed by atoms with Gasteiger partial charge in [0.15, 0.2) is 0 Å². The summed E-state index contributed by atoms with van der Waals surface area (Å²) < 4.78 is 0. The molecule has 13 heavy (non-hydrogen) atoms. The highest BCUT2D eigenvalue weighted by Gasteiger charge is 2.04. The maximum atomic E-state index is 5.91. The van der Waals surface area contributed by atoms with Crippen molar-refractivity contribution in [1.82, 2.24) is 4.98 Å². The molecule has 1 heterocycles. The fourth-order valence-corrected chi connectivity index (χ4v) is 1.23. The highest BCUT2D eigenvalue weighted by atomic mass is 35.5. The van der Waals surface area contributed by atoms with Crippen molar-refractivity contribution < 1.29 is 0 Å². The summed E-state index contributed by atoms with van der Waals surface area (Å²) in [4.78, 5) is 4.37. The van der Waals surface area contributed by atoms with Crippen LogP contribution >= 0.6 is 12.4 Å². The van der Waals surface area contributed by atoms with E-state index in [0.29, 0.717) is 0 Å². The molecule has 0 saturated carbocycles. The molecule has 0 aliphatic rings. The van der Waals surface area contributed by atoms with Crippen LogP contribution in [0.4, 0.5) is 0 Å². The molecule has 2 nitrogen and oxygen atoms in total. The second-order valence-corrected chi connectivity index (χ2v) is 3.10. The standard InChI is InChI=1S/C10H16N2.ClH/c1-3-5-9(11)10-7-4-6-8(2)12-10;/h4,6-7,9H,3,5,11H2,1-2H3;1H. The van der Waals surface area contributed by atoms with Gasteiger partial charge < -0.3 is 5.73 Å². The number of pyridine rings is 1. The summed E-state index contributed by atoms with van der Waals surface area (Å²) >= 11 is 0. The van der Waals surface area contributed by atoms with Crippen molar-refractivity contribution in [2.45, 2.75) is 32.7 Å². The van der Waals surface area contributed by atoms with Crippen molar-refractivity contribution in [2.75, 3.05) is 0 Å². The summed E-state index contributed by atoms with van der Waals surface area (Å²) in [7, 11) is 0. The number of nitrogens with two attached hydrogens (primary N) is 1. The first kappa shape index (κ1) is 12.4. The summed E-state index contributed by atoms with van der Waals surface area (Å²) in [6, 6.07) is 6.10. The predicted octanol–water partition coefficient (Wildman–Crippen LogP) is 2.61. The minimum Gasteiger partial charge on any atom is -0.323 e. The molecule has 0 bridgehead atoms. The van der Waals surface area contributed by atoms with Gasteiger partial charge in [0, 0.05) is 11.7 Å². The predicted molar refractivity (Wildman–Crippen MR) is 58.1 cm³/mol. The fraction of sp³-hybridized carbons (Fsp3) is 0.500. The topological polar surface area (TPSA) is 38.9 Å². The Labute approximate surface area is 86.0 Å². The maximum Gasteiger partial charge on any atom is 0.0574 e. The SMILES string of the molecule is CCCC(N)c1cccc(C)n1.Cl. The average molecular weight is 201 g/mol. The molecule has 3 heteroatoms. The fourth-order valence-electron chi connectivity index (χ4n) is 1.23. The number of halogens is 1. The van der Waals surface area contributed by atoms with Gasteiger partial charge in [0.2, 0.25) is 0 Å². The van der Waals surface area contributed by atoms with Crippen LogP contribution in [0.5, 0.6) is 0 Å². The Morgan fingerprint density at radius 1 is 1.46 bits per heavy atom. The second kappa shape index (κ2) is 5.95. The monoisotopic (exact) mass is 200 g/mol. The highest BCUT2D eigenvalue weighted by Crippen LogP contribution is 2.12. The summed E-state index contributed by atoms with van der Waals surface area (Å²) in [5.74, 6) is 0. The third-order valence-electron chi connectivity index (χ3n) is 1.89. The Kier molecular flexibility index (Phi) is 5.67. The molecule has 0 fully saturated rings.